The van der Waals surface area contributed by atoms with Gasteiger partial charge in [0, 0.05) is 23.9 Å². The molecule has 0 spiro atoms. The molecule has 1 N–H and O–H groups in total. The van der Waals surface area contributed by atoms with Crippen LogP contribution in [0.1, 0.15) is 67.2 Å². The van der Waals surface area contributed by atoms with Crippen molar-refractivity contribution >= 4 is 11.9 Å². The normalized spacial score (nSPS) is 21.1. The quantitative estimate of drug-likeness (QED) is 0.790. The number of nitrogens with one attached hydrogen (secondary N) is 1. The lowest BCUT2D eigenvalue weighted by atomic mass is 9.81. The maximum absolute atomic E-state index is 11.9. The van der Waals surface area contributed by atoms with Gasteiger partial charge in [0.1, 0.15) is 6.10 Å². The van der Waals surface area contributed by atoms with Crippen LogP contribution in [0.4, 0.5) is 0 Å². The summed E-state index contributed by atoms with van der Waals surface area (Å²) < 4.78 is 10.5. The van der Waals surface area contributed by atoms with E-state index >= 15 is 0 Å². The Bertz CT molecular complexity index is 372. The Labute approximate surface area is 127 Å². The second-order valence-electron chi connectivity index (χ2n) is 7.45. The van der Waals surface area contributed by atoms with Crippen LogP contribution >= 0.6 is 0 Å². The predicted molar refractivity (Wildman–Crippen MR) is 80.9 cm³/mol. The zero-order valence-corrected chi connectivity index (χ0v) is 14.1. The smallest absolute Gasteiger partial charge is 0.306 e. The molecule has 1 aliphatic rings. The zero-order chi connectivity index (χ0) is 16.3. The molecule has 0 aromatic rings. The van der Waals surface area contributed by atoms with E-state index in [0.29, 0.717) is 0 Å². The maximum Gasteiger partial charge on any atom is 0.306 e. The van der Waals surface area contributed by atoms with Crippen LogP contribution in [-0.2, 0) is 19.1 Å². The summed E-state index contributed by atoms with van der Waals surface area (Å²) in [6, 6.07) is 0. The molecule has 1 fully saturated rings. The molecule has 0 saturated carbocycles. The van der Waals surface area contributed by atoms with E-state index in [9.17, 15) is 9.59 Å². The van der Waals surface area contributed by atoms with Crippen molar-refractivity contribution in [1.29, 1.82) is 0 Å². The van der Waals surface area contributed by atoms with Crippen LogP contribution in [0.3, 0.4) is 0 Å². The fraction of sp³-hybridized carbons (Fsp3) is 0.875. The van der Waals surface area contributed by atoms with Crippen LogP contribution in [0.25, 0.3) is 0 Å². The summed E-state index contributed by atoms with van der Waals surface area (Å²) in [5.74, 6) is -0.679. The van der Waals surface area contributed by atoms with Crippen molar-refractivity contribution in [2.24, 2.45) is 0 Å². The van der Waals surface area contributed by atoms with Crippen LogP contribution in [0, 0.1) is 0 Å². The molecule has 5 heteroatoms. The summed E-state index contributed by atoms with van der Waals surface area (Å²) in [6.07, 6.45) is 1.45. The first-order chi connectivity index (χ1) is 9.49. The van der Waals surface area contributed by atoms with Crippen LogP contribution in [0.5, 0.6) is 0 Å². The van der Waals surface area contributed by atoms with Gasteiger partial charge in [-0.15, -0.1) is 0 Å². The molecule has 122 valence electrons. The average molecular weight is 299 g/mol. The second-order valence-corrected chi connectivity index (χ2v) is 7.45. The van der Waals surface area contributed by atoms with Crippen molar-refractivity contribution in [2.45, 2.75) is 90.5 Å². The molecular weight excluding hydrogens is 270 g/mol. The number of carbonyl (C=O) groups is 2. The average Bonchev–Trinajstić information content (AvgIpc) is 2.20. The monoisotopic (exact) mass is 299 g/mol. The Morgan fingerprint density at radius 2 is 1.52 bits per heavy atom. The van der Waals surface area contributed by atoms with E-state index in [1.807, 2.05) is 0 Å². The fourth-order valence-corrected chi connectivity index (χ4v) is 3.08. The summed E-state index contributed by atoms with van der Waals surface area (Å²) in [5, 5.41) is 3.54. The van der Waals surface area contributed by atoms with E-state index in [1.54, 1.807) is 13.8 Å². The Morgan fingerprint density at radius 1 is 1.05 bits per heavy atom. The molecule has 21 heavy (non-hydrogen) atoms. The predicted octanol–water partition coefficient (Wildman–Crippen LogP) is 2.57. The summed E-state index contributed by atoms with van der Waals surface area (Å²) >= 11 is 0. The molecule has 0 aliphatic carbocycles. The first-order valence-electron chi connectivity index (χ1n) is 7.67. The van der Waals surface area contributed by atoms with Gasteiger partial charge in [0.25, 0.3) is 0 Å². The summed E-state index contributed by atoms with van der Waals surface area (Å²) in [6.45, 7) is 12.0. The van der Waals surface area contributed by atoms with E-state index < -0.39 is 0 Å². The minimum absolute atomic E-state index is 0.0662. The van der Waals surface area contributed by atoms with Crippen molar-refractivity contribution in [1.82, 2.24) is 5.32 Å². The van der Waals surface area contributed by atoms with Gasteiger partial charge < -0.3 is 14.8 Å². The van der Waals surface area contributed by atoms with Crippen molar-refractivity contribution in [3.63, 3.8) is 0 Å². The van der Waals surface area contributed by atoms with Gasteiger partial charge in [-0.1, -0.05) is 0 Å². The summed E-state index contributed by atoms with van der Waals surface area (Å²) in [7, 11) is 0. The van der Waals surface area contributed by atoms with Crippen molar-refractivity contribution < 1.29 is 19.1 Å². The van der Waals surface area contributed by atoms with Gasteiger partial charge in [-0.2, -0.15) is 0 Å². The van der Waals surface area contributed by atoms with Crippen LogP contribution in [0.15, 0.2) is 0 Å². The molecular formula is C16H29NO4. The molecule has 1 heterocycles. The van der Waals surface area contributed by atoms with Gasteiger partial charge in [0.05, 0.1) is 18.9 Å². The molecule has 0 radical (unpaired) electrons. The standard InChI is InChI=1S/C16H29NO4/c1-11(2)20-13(18)7-8-14(19)21-12-9-15(3,4)17-16(5,6)10-12/h11-12,17H,7-10H2,1-6H3. The van der Waals surface area contributed by atoms with Gasteiger partial charge in [-0.05, 0) is 41.5 Å². The van der Waals surface area contributed by atoms with Gasteiger partial charge in [0.15, 0.2) is 0 Å². The highest BCUT2D eigenvalue weighted by Crippen LogP contribution is 2.30. The minimum Gasteiger partial charge on any atom is -0.463 e. The largest absolute Gasteiger partial charge is 0.463 e. The maximum atomic E-state index is 11.9. The van der Waals surface area contributed by atoms with Crippen molar-refractivity contribution in [2.75, 3.05) is 0 Å². The third-order valence-corrected chi connectivity index (χ3v) is 3.35. The second kappa shape index (κ2) is 6.77. The van der Waals surface area contributed by atoms with Crippen LogP contribution in [0.2, 0.25) is 0 Å². The van der Waals surface area contributed by atoms with Gasteiger partial charge in [-0.25, -0.2) is 0 Å². The minimum atomic E-state index is -0.354. The Balaban J connectivity index is 2.42. The summed E-state index contributed by atoms with van der Waals surface area (Å²) in [5.41, 5.74) is -0.132. The van der Waals surface area contributed by atoms with Crippen LogP contribution in [-0.4, -0.2) is 35.2 Å². The van der Waals surface area contributed by atoms with Gasteiger partial charge in [0.2, 0.25) is 0 Å². The molecule has 0 amide bonds. The van der Waals surface area contributed by atoms with Crippen LogP contribution < -0.4 is 5.32 Å². The molecule has 0 aromatic carbocycles. The first kappa shape index (κ1) is 18.0. The number of hydrogen-bond acceptors (Lipinski definition) is 5. The van der Waals surface area contributed by atoms with Crippen molar-refractivity contribution in [3.8, 4) is 0 Å². The number of esters is 2. The molecule has 1 rings (SSSR count). The zero-order valence-electron chi connectivity index (χ0n) is 14.1. The highest BCUT2D eigenvalue weighted by molar-refractivity contribution is 5.77. The molecule has 1 saturated heterocycles. The lowest BCUT2D eigenvalue weighted by molar-refractivity contribution is -0.157. The fourth-order valence-electron chi connectivity index (χ4n) is 3.08. The third-order valence-electron chi connectivity index (χ3n) is 3.35. The highest BCUT2D eigenvalue weighted by Gasteiger charge is 2.39. The lowest BCUT2D eigenvalue weighted by Crippen LogP contribution is -2.59. The SMILES string of the molecule is CC(C)OC(=O)CCC(=O)OC1CC(C)(C)NC(C)(C)C1. The molecule has 5 nitrogen and oxygen atoms in total. The number of carbonyl (C=O) groups excluding carboxylic acids is 2. The summed E-state index contributed by atoms with van der Waals surface area (Å²) in [4.78, 5) is 23.3. The van der Waals surface area contributed by atoms with Gasteiger partial charge in [-0.3, -0.25) is 9.59 Å². The Hall–Kier alpha value is -1.10. The van der Waals surface area contributed by atoms with E-state index in [1.165, 1.54) is 0 Å². The Morgan fingerprint density at radius 3 is 2.00 bits per heavy atom. The number of piperidine rings is 1. The molecule has 0 unspecified atom stereocenters. The first-order valence-corrected chi connectivity index (χ1v) is 7.67. The van der Waals surface area contributed by atoms with E-state index in [4.69, 9.17) is 9.47 Å². The molecule has 1 aliphatic heterocycles. The van der Waals surface area contributed by atoms with E-state index in [-0.39, 0.29) is 48.1 Å². The number of ether oxygens (including phenoxy) is 2. The van der Waals surface area contributed by atoms with Crippen molar-refractivity contribution in [3.05, 3.63) is 0 Å². The lowest BCUT2D eigenvalue weighted by Gasteiger charge is -2.45. The van der Waals surface area contributed by atoms with E-state index in [2.05, 4.69) is 33.0 Å². The molecule has 0 bridgehead atoms. The van der Waals surface area contributed by atoms with Gasteiger partial charge >= 0.3 is 11.9 Å². The van der Waals surface area contributed by atoms with E-state index in [0.717, 1.165) is 12.8 Å². The number of hydrogen-bond donors (Lipinski definition) is 1. The Kier molecular flexibility index (Phi) is 5.79. The molecule has 0 atom stereocenters. The number of rotatable bonds is 5. The topological polar surface area (TPSA) is 64.6 Å². The molecule has 0 aromatic heterocycles. The third kappa shape index (κ3) is 6.93. The highest BCUT2D eigenvalue weighted by atomic mass is 16.5.